The van der Waals surface area contributed by atoms with E-state index in [4.69, 9.17) is 4.74 Å². The topological polar surface area (TPSA) is 79.4 Å². The zero-order valence-electron chi connectivity index (χ0n) is 13.3. The van der Waals surface area contributed by atoms with Crippen molar-refractivity contribution in [2.45, 2.75) is 13.8 Å². The second-order valence-corrected chi connectivity index (χ2v) is 5.77. The minimum Gasteiger partial charge on any atom is -0.379 e. The Morgan fingerprint density at radius 2 is 2.14 bits per heavy atom. The van der Waals surface area contributed by atoms with Crippen molar-refractivity contribution >= 4 is 11.7 Å². The molecule has 7 heteroatoms. The smallest absolute Gasteiger partial charge is 0.270 e. The van der Waals surface area contributed by atoms with Gasteiger partial charge in [-0.3, -0.25) is 9.69 Å². The maximum Gasteiger partial charge on any atom is 0.270 e. The number of rotatable bonds is 7. The van der Waals surface area contributed by atoms with Gasteiger partial charge < -0.3 is 15.4 Å². The lowest BCUT2D eigenvalue weighted by molar-refractivity contribution is 0.0383. The van der Waals surface area contributed by atoms with Gasteiger partial charge in [0.15, 0.2) is 0 Å². The van der Waals surface area contributed by atoms with Gasteiger partial charge in [0, 0.05) is 38.8 Å². The van der Waals surface area contributed by atoms with E-state index in [-0.39, 0.29) is 5.91 Å². The van der Waals surface area contributed by atoms with E-state index in [0.29, 0.717) is 24.0 Å². The number of aromatic nitrogens is 2. The fraction of sp³-hybridized carbons (Fsp3) is 0.667. The zero-order valence-corrected chi connectivity index (χ0v) is 13.3. The van der Waals surface area contributed by atoms with Crippen LogP contribution in [0.25, 0.3) is 0 Å². The van der Waals surface area contributed by atoms with Gasteiger partial charge in [-0.05, 0) is 5.92 Å². The Morgan fingerprint density at radius 1 is 1.36 bits per heavy atom. The van der Waals surface area contributed by atoms with Gasteiger partial charge in [-0.15, -0.1) is 0 Å². The third kappa shape index (κ3) is 5.57. The first-order chi connectivity index (χ1) is 10.6. The van der Waals surface area contributed by atoms with Crippen LogP contribution >= 0.6 is 0 Å². The number of nitrogens with one attached hydrogen (secondary N) is 2. The molecular formula is C15H25N5O2. The van der Waals surface area contributed by atoms with Gasteiger partial charge in [0.1, 0.15) is 17.8 Å². The minimum absolute atomic E-state index is 0.164. The summed E-state index contributed by atoms with van der Waals surface area (Å²) in [6.07, 6.45) is 1.42. The molecule has 0 spiro atoms. The molecule has 0 atom stereocenters. The molecule has 1 saturated heterocycles. The Balaban J connectivity index is 1.77. The van der Waals surface area contributed by atoms with Crippen LogP contribution in [0.15, 0.2) is 12.4 Å². The SMILES string of the molecule is CC(C)CNc1cc(C(=O)NCCN2CCOCC2)ncn1. The van der Waals surface area contributed by atoms with Crippen LogP contribution in [-0.2, 0) is 4.74 Å². The van der Waals surface area contributed by atoms with Crippen molar-refractivity contribution in [3.63, 3.8) is 0 Å². The van der Waals surface area contributed by atoms with Gasteiger partial charge in [-0.25, -0.2) is 9.97 Å². The second-order valence-electron chi connectivity index (χ2n) is 5.77. The number of hydrogen-bond donors (Lipinski definition) is 2. The first kappa shape index (κ1) is 16.6. The Bertz CT molecular complexity index is 475. The Hall–Kier alpha value is -1.73. The number of hydrogen-bond acceptors (Lipinski definition) is 6. The van der Waals surface area contributed by atoms with Crippen molar-refractivity contribution in [2.75, 3.05) is 51.3 Å². The van der Waals surface area contributed by atoms with Crippen LogP contribution in [0.5, 0.6) is 0 Å². The lowest BCUT2D eigenvalue weighted by atomic mass is 10.2. The number of amides is 1. The van der Waals surface area contributed by atoms with Gasteiger partial charge in [0.05, 0.1) is 13.2 Å². The standard InChI is InChI=1S/C15H25N5O2/c1-12(2)10-17-14-9-13(18-11-19-14)15(21)16-3-4-20-5-7-22-8-6-20/h9,11-12H,3-8,10H2,1-2H3,(H,16,21)(H,17,18,19). The molecule has 7 nitrogen and oxygen atoms in total. The third-order valence-corrected chi connectivity index (χ3v) is 3.41. The van der Waals surface area contributed by atoms with Crippen LogP contribution in [0.1, 0.15) is 24.3 Å². The van der Waals surface area contributed by atoms with E-state index >= 15 is 0 Å². The molecule has 2 rings (SSSR count). The summed E-state index contributed by atoms with van der Waals surface area (Å²) in [7, 11) is 0. The number of anilines is 1. The summed E-state index contributed by atoms with van der Waals surface area (Å²) in [4.78, 5) is 22.5. The molecule has 2 N–H and O–H groups in total. The highest BCUT2D eigenvalue weighted by Gasteiger charge is 2.12. The highest BCUT2D eigenvalue weighted by molar-refractivity contribution is 5.92. The number of nitrogens with zero attached hydrogens (tertiary/aromatic N) is 3. The fourth-order valence-corrected chi connectivity index (χ4v) is 2.13. The molecule has 2 heterocycles. The van der Waals surface area contributed by atoms with Crippen molar-refractivity contribution in [1.29, 1.82) is 0 Å². The summed E-state index contributed by atoms with van der Waals surface area (Å²) >= 11 is 0. The van der Waals surface area contributed by atoms with E-state index in [2.05, 4.69) is 39.3 Å². The predicted octanol–water partition coefficient (Wildman–Crippen LogP) is 0.607. The average molecular weight is 307 g/mol. The lowest BCUT2D eigenvalue weighted by Crippen LogP contribution is -2.41. The van der Waals surface area contributed by atoms with E-state index in [1.54, 1.807) is 6.07 Å². The van der Waals surface area contributed by atoms with Crippen molar-refractivity contribution in [3.8, 4) is 0 Å². The summed E-state index contributed by atoms with van der Waals surface area (Å²) in [6.45, 7) is 9.88. The van der Waals surface area contributed by atoms with E-state index < -0.39 is 0 Å². The molecule has 122 valence electrons. The molecule has 1 aromatic heterocycles. The normalized spacial score (nSPS) is 15.8. The summed E-state index contributed by atoms with van der Waals surface area (Å²) in [5.41, 5.74) is 0.392. The number of carbonyl (C=O) groups excluding carboxylic acids is 1. The molecule has 0 unspecified atom stereocenters. The molecule has 1 aliphatic rings. The van der Waals surface area contributed by atoms with E-state index in [1.165, 1.54) is 6.33 Å². The summed E-state index contributed by atoms with van der Waals surface area (Å²) in [6, 6.07) is 1.69. The Labute approximate surface area is 131 Å². The molecule has 1 amide bonds. The van der Waals surface area contributed by atoms with Crippen molar-refractivity contribution in [1.82, 2.24) is 20.2 Å². The van der Waals surface area contributed by atoms with Crippen LogP contribution in [0.4, 0.5) is 5.82 Å². The van der Waals surface area contributed by atoms with E-state index in [9.17, 15) is 4.79 Å². The quantitative estimate of drug-likeness (QED) is 0.768. The lowest BCUT2D eigenvalue weighted by Gasteiger charge is -2.26. The first-order valence-corrected chi connectivity index (χ1v) is 7.79. The highest BCUT2D eigenvalue weighted by atomic mass is 16.5. The monoisotopic (exact) mass is 307 g/mol. The van der Waals surface area contributed by atoms with E-state index in [1.807, 2.05) is 0 Å². The number of morpholine rings is 1. The minimum atomic E-state index is -0.164. The van der Waals surface area contributed by atoms with Gasteiger partial charge in [-0.1, -0.05) is 13.8 Å². The average Bonchev–Trinajstić information content (AvgIpc) is 2.54. The predicted molar refractivity (Wildman–Crippen MR) is 85.0 cm³/mol. The summed E-state index contributed by atoms with van der Waals surface area (Å²) < 4.78 is 5.30. The van der Waals surface area contributed by atoms with Crippen molar-refractivity contribution in [2.24, 2.45) is 5.92 Å². The van der Waals surface area contributed by atoms with Crippen LogP contribution in [-0.4, -0.2) is 66.7 Å². The fourth-order valence-electron chi connectivity index (χ4n) is 2.13. The second kappa shape index (κ2) is 8.65. The van der Waals surface area contributed by atoms with Crippen molar-refractivity contribution in [3.05, 3.63) is 18.1 Å². The van der Waals surface area contributed by atoms with Gasteiger partial charge in [0.25, 0.3) is 5.91 Å². The molecule has 1 aliphatic heterocycles. The van der Waals surface area contributed by atoms with Crippen LogP contribution in [0.3, 0.4) is 0 Å². The van der Waals surface area contributed by atoms with E-state index in [0.717, 1.165) is 39.4 Å². The van der Waals surface area contributed by atoms with Crippen molar-refractivity contribution < 1.29 is 9.53 Å². The molecular weight excluding hydrogens is 282 g/mol. The van der Waals surface area contributed by atoms with Crippen LogP contribution in [0, 0.1) is 5.92 Å². The molecule has 0 aliphatic carbocycles. The number of carbonyl (C=O) groups is 1. The molecule has 0 radical (unpaired) electrons. The molecule has 22 heavy (non-hydrogen) atoms. The zero-order chi connectivity index (χ0) is 15.8. The van der Waals surface area contributed by atoms with Gasteiger partial charge in [0.2, 0.25) is 0 Å². The molecule has 1 fully saturated rings. The highest BCUT2D eigenvalue weighted by Crippen LogP contribution is 2.05. The van der Waals surface area contributed by atoms with Gasteiger partial charge >= 0.3 is 0 Å². The molecule has 0 bridgehead atoms. The Morgan fingerprint density at radius 3 is 2.86 bits per heavy atom. The maximum atomic E-state index is 12.1. The number of ether oxygens (including phenoxy) is 1. The first-order valence-electron chi connectivity index (χ1n) is 7.79. The molecule has 1 aromatic rings. The third-order valence-electron chi connectivity index (χ3n) is 3.41. The Kier molecular flexibility index (Phi) is 6.54. The van der Waals surface area contributed by atoms with Crippen LogP contribution < -0.4 is 10.6 Å². The van der Waals surface area contributed by atoms with Crippen LogP contribution in [0.2, 0.25) is 0 Å². The maximum absolute atomic E-state index is 12.1. The molecule has 0 saturated carbocycles. The summed E-state index contributed by atoms with van der Waals surface area (Å²) in [5.74, 6) is 1.03. The molecule has 0 aromatic carbocycles. The van der Waals surface area contributed by atoms with Gasteiger partial charge in [-0.2, -0.15) is 0 Å². The summed E-state index contributed by atoms with van der Waals surface area (Å²) in [5, 5.41) is 6.09. The largest absolute Gasteiger partial charge is 0.379 e.